The lowest BCUT2D eigenvalue weighted by atomic mass is 9.88. The molecule has 0 radical (unpaired) electrons. The molecule has 1 atom stereocenters. The van der Waals surface area contributed by atoms with Crippen LogP contribution in [0.1, 0.15) is 29.2 Å². The van der Waals surface area contributed by atoms with Crippen molar-refractivity contribution in [3.05, 3.63) is 45.4 Å². The summed E-state index contributed by atoms with van der Waals surface area (Å²) in [4.78, 5) is 23.2. The zero-order chi connectivity index (χ0) is 15.6. The summed E-state index contributed by atoms with van der Waals surface area (Å²) in [5.74, 6) is -0.810. The van der Waals surface area contributed by atoms with E-state index in [2.05, 4.69) is 10.2 Å². The highest BCUT2D eigenvalue weighted by Crippen LogP contribution is 2.33. The summed E-state index contributed by atoms with van der Waals surface area (Å²) in [5.41, 5.74) is 6.64. The van der Waals surface area contributed by atoms with Gasteiger partial charge in [0.15, 0.2) is 11.5 Å². The number of hydrogen-bond acceptors (Lipinski definition) is 4. The lowest BCUT2D eigenvalue weighted by Gasteiger charge is -2.16. The smallest absolute Gasteiger partial charge is 0.267 e. The average molecular weight is 291 g/mol. The Morgan fingerprint density at radius 3 is 2.62 bits per heavy atom. The minimum atomic E-state index is -0.533. The van der Waals surface area contributed by atoms with E-state index in [0.717, 1.165) is 0 Å². The molecular formula is C14H17N3O4. The van der Waals surface area contributed by atoms with Gasteiger partial charge in [0.1, 0.15) is 0 Å². The molecule has 112 valence electrons. The summed E-state index contributed by atoms with van der Waals surface area (Å²) in [7, 11) is 1.44. The molecule has 0 spiro atoms. The van der Waals surface area contributed by atoms with Crippen molar-refractivity contribution in [1.29, 1.82) is 0 Å². The van der Waals surface area contributed by atoms with Crippen molar-refractivity contribution in [1.82, 2.24) is 10.2 Å². The van der Waals surface area contributed by atoms with Crippen molar-refractivity contribution < 1.29 is 14.6 Å². The number of carbonyl (C=O) groups excluding carboxylic acids is 1. The zero-order valence-electron chi connectivity index (χ0n) is 11.8. The number of hydrogen-bond donors (Lipinski definition) is 4. The molecule has 0 aliphatic rings. The maximum absolute atomic E-state index is 11.9. The highest BCUT2D eigenvalue weighted by Gasteiger charge is 2.24. The number of phenolic OH excluding ortho intramolecular Hbond substituents is 1. The molecule has 0 aliphatic heterocycles. The van der Waals surface area contributed by atoms with Gasteiger partial charge in [0, 0.05) is 23.6 Å². The second-order valence-electron chi connectivity index (χ2n) is 4.77. The summed E-state index contributed by atoms with van der Waals surface area (Å²) >= 11 is 0. The van der Waals surface area contributed by atoms with E-state index in [1.807, 2.05) is 0 Å². The number of primary amides is 1. The van der Waals surface area contributed by atoms with Crippen LogP contribution in [0.4, 0.5) is 0 Å². The number of amides is 1. The van der Waals surface area contributed by atoms with Gasteiger partial charge in [0.25, 0.3) is 5.56 Å². The van der Waals surface area contributed by atoms with E-state index in [1.54, 1.807) is 19.1 Å². The first-order valence-corrected chi connectivity index (χ1v) is 6.36. The average Bonchev–Trinajstić information content (AvgIpc) is 2.75. The van der Waals surface area contributed by atoms with Crippen LogP contribution in [0.15, 0.2) is 23.0 Å². The molecule has 1 aromatic carbocycles. The minimum Gasteiger partial charge on any atom is -0.504 e. The van der Waals surface area contributed by atoms with E-state index in [1.165, 1.54) is 13.2 Å². The molecule has 0 saturated heterocycles. The molecule has 0 saturated carbocycles. The number of aromatic amines is 2. The largest absolute Gasteiger partial charge is 0.504 e. The van der Waals surface area contributed by atoms with Crippen LogP contribution in [0.3, 0.4) is 0 Å². The Labute approximate surface area is 120 Å². The van der Waals surface area contributed by atoms with E-state index in [0.29, 0.717) is 22.6 Å². The number of carbonyl (C=O) groups is 1. The van der Waals surface area contributed by atoms with E-state index in [4.69, 9.17) is 10.5 Å². The van der Waals surface area contributed by atoms with Gasteiger partial charge in [0.05, 0.1) is 7.11 Å². The molecule has 0 bridgehead atoms. The third kappa shape index (κ3) is 2.91. The monoisotopic (exact) mass is 291 g/mol. The molecule has 1 aromatic heterocycles. The van der Waals surface area contributed by atoms with Crippen molar-refractivity contribution >= 4 is 5.91 Å². The molecule has 7 heteroatoms. The van der Waals surface area contributed by atoms with Crippen LogP contribution in [-0.4, -0.2) is 28.3 Å². The van der Waals surface area contributed by atoms with Crippen LogP contribution in [-0.2, 0) is 4.79 Å². The van der Waals surface area contributed by atoms with Crippen molar-refractivity contribution in [3.8, 4) is 11.5 Å². The van der Waals surface area contributed by atoms with Crippen LogP contribution >= 0.6 is 0 Å². The van der Waals surface area contributed by atoms with E-state index >= 15 is 0 Å². The third-order valence-electron chi connectivity index (χ3n) is 3.37. The Morgan fingerprint density at radius 1 is 1.43 bits per heavy atom. The highest BCUT2D eigenvalue weighted by atomic mass is 16.5. The number of rotatable bonds is 5. The van der Waals surface area contributed by atoms with Gasteiger partial charge >= 0.3 is 0 Å². The Balaban J connectivity index is 2.53. The molecule has 21 heavy (non-hydrogen) atoms. The summed E-state index contributed by atoms with van der Waals surface area (Å²) in [6, 6.07) is 4.74. The fourth-order valence-corrected chi connectivity index (χ4v) is 2.39. The van der Waals surface area contributed by atoms with Crippen LogP contribution in [0.2, 0.25) is 0 Å². The molecule has 0 aliphatic carbocycles. The van der Waals surface area contributed by atoms with Gasteiger partial charge in [-0.1, -0.05) is 6.07 Å². The lowest BCUT2D eigenvalue weighted by Crippen LogP contribution is -2.20. The Morgan fingerprint density at radius 2 is 2.14 bits per heavy atom. The Kier molecular flexibility index (Phi) is 4.02. The number of benzene rings is 1. The quantitative estimate of drug-likeness (QED) is 0.649. The molecule has 2 aromatic rings. The second-order valence-corrected chi connectivity index (χ2v) is 4.77. The lowest BCUT2D eigenvalue weighted by molar-refractivity contribution is -0.118. The van der Waals surface area contributed by atoms with Gasteiger partial charge in [0.2, 0.25) is 5.91 Å². The summed E-state index contributed by atoms with van der Waals surface area (Å²) in [6.45, 7) is 1.73. The number of aryl methyl sites for hydroxylation is 1. The van der Waals surface area contributed by atoms with Gasteiger partial charge in [-0.15, -0.1) is 0 Å². The second kappa shape index (κ2) is 5.74. The minimum absolute atomic E-state index is 0.0342. The number of nitrogens with two attached hydrogens (primary N) is 1. The highest BCUT2D eigenvalue weighted by molar-refractivity contribution is 5.75. The molecule has 2 rings (SSSR count). The normalized spacial score (nSPS) is 12.1. The number of aromatic hydroxyl groups is 1. The summed E-state index contributed by atoms with van der Waals surface area (Å²) in [6.07, 6.45) is -0.0342. The first kappa shape index (κ1) is 14.7. The number of nitrogens with one attached hydrogen (secondary N) is 2. The van der Waals surface area contributed by atoms with Gasteiger partial charge in [-0.2, -0.15) is 0 Å². The Hall–Kier alpha value is -2.70. The molecule has 0 fully saturated rings. The van der Waals surface area contributed by atoms with E-state index < -0.39 is 11.8 Å². The SMILES string of the molecule is COc1ccc([C@@H](CC(N)=O)c2c(C)[nH][nH]c2=O)cc1O. The third-order valence-corrected chi connectivity index (χ3v) is 3.37. The zero-order valence-corrected chi connectivity index (χ0v) is 11.8. The van der Waals surface area contributed by atoms with Gasteiger partial charge in [-0.25, -0.2) is 0 Å². The fraction of sp³-hybridized carbons (Fsp3) is 0.286. The fourth-order valence-electron chi connectivity index (χ4n) is 2.39. The van der Waals surface area contributed by atoms with Crippen LogP contribution in [0.5, 0.6) is 11.5 Å². The maximum Gasteiger partial charge on any atom is 0.267 e. The van der Waals surface area contributed by atoms with Crippen molar-refractivity contribution in [2.24, 2.45) is 5.73 Å². The first-order valence-electron chi connectivity index (χ1n) is 6.36. The van der Waals surface area contributed by atoms with Gasteiger partial charge in [-0.3, -0.25) is 14.7 Å². The number of H-pyrrole nitrogens is 2. The molecule has 1 heterocycles. The van der Waals surface area contributed by atoms with Crippen molar-refractivity contribution in [3.63, 3.8) is 0 Å². The van der Waals surface area contributed by atoms with Gasteiger partial charge < -0.3 is 20.7 Å². The Bertz CT molecular complexity index is 717. The topological polar surface area (TPSA) is 121 Å². The molecular weight excluding hydrogens is 274 g/mol. The predicted octanol–water partition coefficient (Wildman–Crippen LogP) is 0.733. The molecule has 5 N–H and O–H groups in total. The van der Waals surface area contributed by atoms with Gasteiger partial charge in [-0.05, 0) is 24.6 Å². The van der Waals surface area contributed by atoms with Crippen LogP contribution in [0, 0.1) is 6.92 Å². The summed E-state index contributed by atoms with van der Waals surface area (Å²) in [5, 5.41) is 15.1. The standard InChI is InChI=1S/C14H17N3O4/c1-7-13(14(20)17-16-7)9(6-12(15)19)8-3-4-11(21-2)10(18)5-8/h3-5,9,18H,6H2,1-2H3,(H2,15,19)(H2,16,17,20)/t9-/m1/s1. The predicted molar refractivity (Wildman–Crippen MR) is 76.5 cm³/mol. The van der Waals surface area contributed by atoms with E-state index in [-0.39, 0.29) is 17.7 Å². The number of aromatic nitrogens is 2. The molecule has 0 unspecified atom stereocenters. The number of ether oxygens (including phenoxy) is 1. The van der Waals surface area contributed by atoms with Crippen LogP contribution < -0.4 is 16.0 Å². The molecule has 1 amide bonds. The van der Waals surface area contributed by atoms with Crippen molar-refractivity contribution in [2.75, 3.05) is 7.11 Å². The van der Waals surface area contributed by atoms with E-state index in [9.17, 15) is 14.7 Å². The maximum atomic E-state index is 11.9. The van der Waals surface area contributed by atoms with Crippen molar-refractivity contribution in [2.45, 2.75) is 19.3 Å². The summed E-state index contributed by atoms with van der Waals surface area (Å²) < 4.78 is 4.98. The number of methoxy groups -OCH3 is 1. The molecule has 7 nitrogen and oxygen atoms in total. The van der Waals surface area contributed by atoms with Crippen LogP contribution in [0.25, 0.3) is 0 Å². The first-order chi connectivity index (χ1) is 9.93. The number of phenols is 1.